The molecule has 12 nitrogen and oxygen atoms in total. The topological polar surface area (TPSA) is 209 Å². The number of carbonyl (C=O) groups excluding carboxylic acids is 1. The van der Waals surface area contributed by atoms with E-state index in [1.165, 1.54) is 0 Å². The minimum Gasteiger partial charge on any atom is -0.394 e. The van der Waals surface area contributed by atoms with E-state index >= 15 is 0 Å². The Balaban J connectivity index is 2.58. The second-order valence-electron chi connectivity index (χ2n) is 5.92. The van der Waals surface area contributed by atoms with E-state index in [0.717, 1.165) is 0 Å². The molecule has 12 heteroatoms. The second kappa shape index (κ2) is 10.4. The number of rotatable bonds is 9. The zero-order valence-corrected chi connectivity index (χ0v) is 14.1. The zero-order chi connectivity index (χ0) is 20.0. The van der Waals surface area contributed by atoms with Crippen molar-refractivity contribution in [1.82, 2.24) is 5.32 Å². The van der Waals surface area contributed by atoms with Crippen LogP contribution in [0.5, 0.6) is 0 Å². The van der Waals surface area contributed by atoms with Crippen LogP contribution in [0.4, 0.5) is 0 Å². The van der Waals surface area contributed by atoms with Gasteiger partial charge in [0.2, 0.25) is 0 Å². The lowest BCUT2D eigenvalue weighted by Crippen LogP contribution is -2.59. The van der Waals surface area contributed by atoms with Crippen LogP contribution in [0.2, 0.25) is 0 Å². The molecule has 0 bridgehead atoms. The summed E-state index contributed by atoms with van der Waals surface area (Å²) in [6, 6.07) is 0. The number of hydrogen-bond donors (Lipinski definition) is 9. The van der Waals surface area contributed by atoms with Gasteiger partial charge in [0.05, 0.1) is 13.2 Å². The van der Waals surface area contributed by atoms with Gasteiger partial charge in [0.25, 0.3) is 5.91 Å². The predicted octanol–water partition coefficient (Wildman–Crippen LogP) is -5.62. The number of nitrogens with one attached hydrogen (secondary N) is 1. The molecule has 1 heterocycles. The van der Waals surface area contributed by atoms with E-state index in [9.17, 15) is 40.5 Å². The molecule has 0 saturated carbocycles. The fourth-order valence-corrected chi connectivity index (χ4v) is 2.35. The molecule has 0 aromatic heterocycles. The third-order valence-electron chi connectivity index (χ3n) is 3.97. The van der Waals surface area contributed by atoms with E-state index in [0.29, 0.717) is 0 Å². The average Bonchev–Trinajstić information content (AvgIpc) is 2.63. The number of hydrogen-bond acceptors (Lipinski definition) is 11. The molecule has 0 radical (unpaired) electrons. The van der Waals surface area contributed by atoms with Gasteiger partial charge in [-0.05, 0) is 6.92 Å². The van der Waals surface area contributed by atoms with E-state index < -0.39 is 74.2 Å². The Hall–Kier alpha value is -0.930. The lowest BCUT2D eigenvalue weighted by molar-refractivity contribution is -0.306. The van der Waals surface area contributed by atoms with E-state index in [2.05, 4.69) is 5.32 Å². The zero-order valence-electron chi connectivity index (χ0n) is 14.1. The van der Waals surface area contributed by atoms with Gasteiger partial charge in [0, 0.05) is 6.54 Å². The summed E-state index contributed by atoms with van der Waals surface area (Å²) < 4.78 is 10.0. The van der Waals surface area contributed by atoms with Gasteiger partial charge in [-0.1, -0.05) is 0 Å². The maximum atomic E-state index is 11.4. The summed E-state index contributed by atoms with van der Waals surface area (Å²) in [6.07, 6.45) is -15.5. The molecule has 154 valence electrons. The maximum absolute atomic E-state index is 11.4. The minimum atomic E-state index is -2.02. The van der Waals surface area contributed by atoms with Crippen molar-refractivity contribution < 1.29 is 55.1 Å². The van der Waals surface area contributed by atoms with Gasteiger partial charge in [-0.2, -0.15) is 0 Å². The quantitative estimate of drug-likeness (QED) is 0.183. The Morgan fingerprint density at radius 3 is 2.23 bits per heavy atom. The smallest absolute Gasteiger partial charge is 0.251 e. The van der Waals surface area contributed by atoms with Crippen LogP contribution >= 0.6 is 0 Å². The summed E-state index contributed by atoms with van der Waals surface area (Å²) in [7, 11) is 0. The summed E-state index contributed by atoms with van der Waals surface area (Å²) in [5.74, 6) is -0.943. The largest absolute Gasteiger partial charge is 0.394 e. The highest BCUT2D eigenvalue weighted by molar-refractivity contribution is 5.81. The van der Waals surface area contributed by atoms with Gasteiger partial charge < -0.3 is 55.6 Å². The molecule has 26 heavy (non-hydrogen) atoms. The van der Waals surface area contributed by atoms with Crippen LogP contribution in [-0.2, 0) is 14.3 Å². The van der Waals surface area contributed by atoms with Crippen LogP contribution in [0.1, 0.15) is 6.92 Å². The number of carbonyl (C=O) groups is 1. The van der Waals surface area contributed by atoms with E-state index in [4.69, 9.17) is 14.6 Å². The van der Waals surface area contributed by atoms with E-state index in [1.54, 1.807) is 6.92 Å². The summed E-state index contributed by atoms with van der Waals surface area (Å²) in [4.78, 5) is 11.4. The fraction of sp³-hybridized carbons (Fsp3) is 0.929. The van der Waals surface area contributed by atoms with Gasteiger partial charge in [-0.3, -0.25) is 4.79 Å². The van der Waals surface area contributed by atoms with Crippen molar-refractivity contribution in [2.24, 2.45) is 0 Å². The number of ether oxygens (including phenoxy) is 2. The number of amides is 1. The first kappa shape index (κ1) is 23.1. The molecule has 1 aliphatic rings. The fourth-order valence-electron chi connectivity index (χ4n) is 2.35. The molecule has 0 aromatic rings. The molecule has 1 aliphatic heterocycles. The van der Waals surface area contributed by atoms with Gasteiger partial charge >= 0.3 is 0 Å². The van der Waals surface area contributed by atoms with Gasteiger partial charge in [0.15, 0.2) is 12.4 Å². The summed E-state index contributed by atoms with van der Waals surface area (Å²) in [5, 5.41) is 79.3. The molecule has 9 atom stereocenters. The molecular weight excluding hydrogens is 358 g/mol. The van der Waals surface area contributed by atoms with Crippen LogP contribution in [0.3, 0.4) is 0 Å². The van der Waals surface area contributed by atoms with Crippen LogP contribution in [0.15, 0.2) is 0 Å². The highest BCUT2D eigenvalue weighted by Gasteiger charge is 2.44. The molecule has 9 unspecified atom stereocenters. The molecular formula is C14H27NO11. The monoisotopic (exact) mass is 385 g/mol. The maximum Gasteiger partial charge on any atom is 0.251 e. The van der Waals surface area contributed by atoms with Crippen LogP contribution in [-0.4, -0.2) is 122 Å². The van der Waals surface area contributed by atoms with Gasteiger partial charge in [-0.15, -0.1) is 0 Å². The van der Waals surface area contributed by atoms with Crippen molar-refractivity contribution in [3.05, 3.63) is 0 Å². The minimum absolute atomic E-state index is 0.182. The Kier molecular flexibility index (Phi) is 9.26. The second-order valence-corrected chi connectivity index (χ2v) is 5.92. The number of aliphatic hydroxyl groups excluding tert-OH is 8. The normalized spacial score (nSPS) is 34.0. The molecule has 0 aromatic carbocycles. The average molecular weight is 385 g/mol. The molecule has 1 saturated heterocycles. The van der Waals surface area contributed by atoms with Crippen molar-refractivity contribution in [3.8, 4) is 0 Å². The van der Waals surface area contributed by atoms with E-state index in [-0.39, 0.29) is 6.54 Å². The SMILES string of the molecule is CCNC(=O)C(O)C(O)C(O)C(O)COC1OC(CO)C(O)C(O)C1O. The molecule has 1 fully saturated rings. The first-order valence-electron chi connectivity index (χ1n) is 8.07. The molecule has 0 spiro atoms. The van der Waals surface area contributed by atoms with Crippen LogP contribution < -0.4 is 5.32 Å². The molecule has 9 N–H and O–H groups in total. The van der Waals surface area contributed by atoms with Crippen LogP contribution in [0, 0.1) is 0 Å². The van der Waals surface area contributed by atoms with Crippen LogP contribution in [0.25, 0.3) is 0 Å². The first-order chi connectivity index (χ1) is 12.1. The Bertz CT molecular complexity index is 437. The van der Waals surface area contributed by atoms with Crippen molar-refractivity contribution in [3.63, 3.8) is 0 Å². The molecule has 1 rings (SSSR count). The Morgan fingerprint density at radius 2 is 1.69 bits per heavy atom. The summed E-state index contributed by atoms with van der Waals surface area (Å²) >= 11 is 0. The third-order valence-corrected chi connectivity index (χ3v) is 3.97. The molecule has 1 amide bonds. The first-order valence-corrected chi connectivity index (χ1v) is 8.07. The lowest BCUT2D eigenvalue weighted by atomic mass is 9.99. The predicted molar refractivity (Wildman–Crippen MR) is 82.4 cm³/mol. The third kappa shape index (κ3) is 5.53. The summed E-state index contributed by atoms with van der Waals surface area (Å²) in [6.45, 7) is 0.370. The van der Waals surface area contributed by atoms with Gasteiger partial charge in [-0.25, -0.2) is 0 Å². The Labute approximate surface area is 149 Å². The van der Waals surface area contributed by atoms with Crippen molar-refractivity contribution in [2.75, 3.05) is 19.8 Å². The van der Waals surface area contributed by atoms with E-state index in [1.807, 2.05) is 0 Å². The standard InChI is InChI=1S/C14H27NO11/c1-2-15-13(24)11(22)9(20)7(18)5(17)4-25-14-12(23)10(21)8(19)6(3-16)26-14/h5-12,14,16-23H,2-4H2,1H3,(H,15,24). The lowest BCUT2D eigenvalue weighted by Gasteiger charge is -2.40. The Morgan fingerprint density at radius 1 is 1.08 bits per heavy atom. The highest BCUT2D eigenvalue weighted by Crippen LogP contribution is 2.22. The highest BCUT2D eigenvalue weighted by atomic mass is 16.7. The van der Waals surface area contributed by atoms with Gasteiger partial charge in [0.1, 0.15) is 42.7 Å². The number of likely N-dealkylation sites (N-methyl/N-ethyl adjacent to an activating group) is 1. The summed E-state index contributed by atoms with van der Waals surface area (Å²) in [5.41, 5.74) is 0. The van der Waals surface area contributed by atoms with Crippen molar-refractivity contribution in [2.45, 2.75) is 62.0 Å². The van der Waals surface area contributed by atoms with Crippen molar-refractivity contribution >= 4 is 5.91 Å². The number of aliphatic hydroxyl groups is 8. The molecule has 0 aliphatic carbocycles. The van der Waals surface area contributed by atoms with Crippen molar-refractivity contribution in [1.29, 1.82) is 0 Å².